The van der Waals surface area contributed by atoms with Crippen molar-refractivity contribution >= 4 is 23.4 Å². The van der Waals surface area contributed by atoms with Crippen molar-refractivity contribution in [1.82, 2.24) is 15.1 Å². The Hall–Kier alpha value is -3.35. The van der Waals surface area contributed by atoms with Crippen molar-refractivity contribution < 1.29 is 14.4 Å². The van der Waals surface area contributed by atoms with Crippen molar-refractivity contribution in [1.29, 1.82) is 0 Å². The first kappa shape index (κ1) is 28.7. The van der Waals surface area contributed by atoms with Gasteiger partial charge in [0.15, 0.2) is 0 Å². The number of piperidine rings is 1. The Kier molecular flexibility index (Phi) is 8.67. The molecule has 0 aromatic heterocycles. The van der Waals surface area contributed by atoms with Gasteiger partial charge in [0.05, 0.1) is 12.7 Å². The van der Waals surface area contributed by atoms with E-state index in [2.05, 4.69) is 37.9 Å². The van der Waals surface area contributed by atoms with Crippen LogP contribution in [0.2, 0.25) is 0 Å². The van der Waals surface area contributed by atoms with Gasteiger partial charge in [-0.1, -0.05) is 76.2 Å². The first-order valence-electron chi connectivity index (χ1n) is 14.2. The van der Waals surface area contributed by atoms with Gasteiger partial charge >= 0.3 is 0 Å². The number of anilines is 1. The maximum atomic E-state index is 14.0. The van der Waals surface area contributed by atoms with Crippen LogP contribution in [0, 0.1) is 11.3 Å². The Morgan fingerprint density at radius 3 is 2.13 bits per heavy atom. The van der Waals surface area contributed by atoms with Gasteiger partial charge in [-0.15, -0.1) is 0 Å². The zero-order valence-electron chi connectivity index (χ0n) is 24.2. The molecule has 2 aliphatic rings. The van der Waals surface area contributed by atoms with Crippen molar-refractivity contribution in [3.8, 4) is 0 Å². The fourth-order valence-corrected chi connectivity index (χ4v) is 6.28. The van der Waals surface area contributed by atoms with Crippen LogP contribution in [0.15, 0.2) is 60.7 Å². The maximum absolute atomic E-state index is 14.0. The standard InChI is InChI=1S/C32H44N4O3/c1-24(21-31(3,4)5)20-29(38)34-18-16-32(17-19-34)30(39)35(23-36(32)27-14-10-7-11-15-27)22-28(37)33-25(2)26-12-8-6-9-13-26/h6-15,24-25H,16-23H2,1-5H3,(H,33,37)/t24-,25-/m0/s1. The topological polar surface area (TPSA) is 73.0 Å². The molecule has 2 aromatic carbocycles. The number of hydrogen-bond donors (Lipinski definition) is 1. The molecule has 2 aromatic rings. The lowest BCUT2D eigenvalue weighted by Gasteiger charge is -2.43. The molecular weight excluding hydrogens is 488 g/mol. The zero-order valence-corrected chi connectivity index (χ0v) is 24.2. The minimum atomic E-state index is -0.750. The van der Waals surface area contributed by atoms with E-state index in [0.717, 1.165) is 17.7 Å². The number of benzene rings is 2. The van der Waals surface area contributed by atoms with Gasteiger partial charge in [-0.2, -0.15) is 0 Å². The summed E-state index contributed by atoms with van der Waals surface area (Å²) in [6, 6.07) is 19.6. The second-order valence-electron chi connectivity index (χ2n) is 12.6. The number of para-hydroxylation sites is 1. The number of nitrogens with one attached hydrogen (secondary N) is 1. The van der Waals surface area contributed by atoms with Crippen molar-refractivity contribution in [2.75, 3.05) is 31.2 Å². The van der Waals surface area contributed by atoms with Crippen LogP contribution in [-0.4, -0.2) is 59.4 Å². The number of hydrogen-bond acceptors (Lipinski definition) is 4. The van der Waals surface area contributed by atoms with Crippen molar-refractivity contribution in [2.45, 2.75) is 71.9 Å². The van der Waals surface area contributed by atoms with E-state index in [4.69, 9.17) is 0 Å². The van der Waals surface area contributed by atoms with Gasteiger partial charge < -0.3 is 20.0 Å². The minimum absolute atomic E-state index is 0.00799. The summed E-state index contributed by atoms with van der Waals surface area (Å²) in [7, 11) is 0. The highest BCUT2D eigenvalue weighted by molar-refractivity contribution is 5.96. The average Bonchev–Trinajstić information content (AvgIpc) is 3.15. The average molecular weight is 533 g/mol. The maximum Gasteiger partial charge on any atom is 0.250 e. The normalized spacial score (nSPS) is 18.8. The molecule has 1 N–H and O–H groups in total. The van der Waals surface area contributed by atoms with Gasteiger partial charge in [-0.3, -0.25) is 14.4 Å². The van der Waals surface area contributed by atoms with Gasteiger partial charge in [-0.05, 0) is 55.2 Å². The summed E-state index contributed by atoms with van der Waals surface area (Å²) in [6.07, 6.45) is 2.64. The van der Waals surface area contributed by atoms with E-state index in [1.807, 2.05) is 72.5 Å². The summed E-state index contributed by atoms with van der Waals surface area (Å²) in [5.74, 6) is 0.284. The van der Waals surface area contributed by atoms with Crippen LogP contribution < -0.4 is 10.2 Å². The number of carbonyl (C=O) groups excluding carboxylic acids is 3. The third kappa shape index (κ3) is 6.81. The summed E-state index contributed by atoms with van der Waals surface area (Å²) in [4.78, 5) is 45.8. The molecule has 0 saturated carbocycles. The summed E-state index contributed by atoms with van der Waals surface area (Å²) >= 11 is 0. The molecule has 0 aliphatic carbocycles. The summed E-state index contributed by atoms with van der Waals surface area (Å²) in [6.45, 7) is 12.2. The fourth-order valence-electron chi connectivity index (χ4n) is 6.28. The lowest BCUT2D eigenvalue weighted by molar-refractivity contribution is -0.140. The highest BCUT2D eigenvalue weighted by atomic mass is 16.2. The molecule has 7 heteroatoms. The van der Waals surface area contributed by atoms with Gasteiger partial charge in [0, 0.05) is 25.2 Å². The second-order valence-corrected chi connectivity index (χ2v) is 12.6. The summed E-state index contributed by atoms with van der Waals surface area (Å²) < 4.78 is 0. The van der Waals surface area contributed by atoms with Gasteiger partial charge in [0.25, 0.3) is 5.91 Å². The fraction of sp³-hybridized carbons (Fsp3) is 0.531. The van der Waals surface area contributed by atoms with Crippen LogP contribution in [0.4, 0.5) is 5.69 Å². The van der Waals surface area contributed by atoms with Gasteiger partial charge in [-0.25, -0.2) is 0 Å². The predicted molar refractivity (Wildman–Crippen MR) is 155 cm³/mol. The number of nitrogens with zero attached hydrogens (tertiary/aromatic N) is 3. The van der Waals surface area contributed by atoms with Crippen molar-refractivity contribution in [3.05, 3.63) is 66.2 Å². The Morgan fingerprint density at radius 1 is 0.949 bits per heavy atom. The number of carbonyl (C=O) groups is 3. The molecule has 4 rings (SSSR count). The Morgan fingerprint density at radius 2 is 1.54 bits per heavy atom. The first-order chi connectivity index (χ1) is 18.5. The third-order valence-electron chi connectivity index (χ3n) is 8.02. The van der Waals surface area contributed by atoms with Gasteiger partial charge in [0.2, 0.25) is 11.8 Å². The predicted octanol–water partition coefficient (Wildman–Crippen LogP) is 4.99. The van der Waals surface area contributed by atoms with E-state index in [-0.39, 0.29) is 35.7 Å². The SMILES string of the molecule is C[C@@H](CC(=O)N1CCC2(CC1)C(=O)N(CC(=O)N[C@@H](C)c1ccccc1)CN2c1ccccc1)CC(C)(C)C. The Labute approximate surface area is 233 Å². The third-order valence-corrected chi connectivity index (χ3v) is 8.02. The molecule has 2 atom stereocenters. The number of rotatable bonds is 8. The lowest BCUT2D eigenvalue weighted by Crippen LogP contribution is -2.57. The Bertz CT molecular complexity index is 1140. The molecule has 0 bridgehead atoms. The van der Waals surface area contributed by atoms with E-state index in [1.165, 1.54) is 0 Å². The molecular formula is C32H44N4O3. The van der Waals surface area contributed by atoms with E-state index in [1.54, 1.807) is 4.90 Å². The molecule has 0 radical (unpaired) electrons. The Balaban J connectivity index is 1.44. The minimum Gasteiger partial charge on any atom is -0.348 e. The number of amides is 3. The monoisotopic (exact) mass is 532 g/mol. The molecule has 210 valence electrons. The molecule has 2 fully saturated rings. The molecule has 2 heterocycles. The highest BCUT2D eigenvalue weighted by Crippen LogP contribution is 2.39. The van der Waals surface area contributed by atoms with Crippen LogP contribution in [0.1, 0.15) is 71.9 Å². The van der Waals surface area contributed by atoms with E-state index < -0.39 is 5.54 Å². The van der Waals surface area contributed by atoms with Crippen molar-refractivity contribution in [2.24, 2.45) is 11.3 Å². The van der Waals surface area contributed by atoms with E-state index >= 15 is 0 Å². The second kappa shape index (κ2) is 11.8. The zero-order chi connectivity index (χ0) is 28.2. The number of likely N-dealkylation sites (tertiary alicyclic amines) is 1. The molecule has 2 aliphatic heterocycles. The molecule has 2 saturated heterocycles. The van der Waals surface area contributed by atoms with E-state index in [0.29, 0.717) is 44.9 Å². The van der Waals surface area contributed by atoms with Crippen LogP contribution in [0.5, 0.6) is 0 Å². The van der Waals surface area contributed by atoms with Crippen LogP contribution in [0.3, 0.4) is 0 Å². The van der Waals surface area contributed by atoms with Gasteiger partial charge in [0.1, 0.15) is 12.1 Å². The smallest absolute Gasteiger partial charge is 0.250 e. The molecule has 3 amide bonds. The highest BCUT2D eigenvalue weighted by Gasteiger charge is 2.54. The van der Waals surface area contributed by atoms with Crippen LogP contribution in [0.25, 0.3) is 0 Å². The van der Waals surface area contributed by atoms with E-state index in [9.17, 15) is 14.4 Å². The summed E-state index contributed by atoms with van der Waals surface area (Å²) in [5.41, 5.74) is 1.42. The van der Waals surface area contributed by atoms with Crippen molar-refractivity contribution in [3.63, 3.8) is 0 Å². The van der Waals surface area contributed by atoms with Crippen LogP contribution >= 0.6 is 0 Å². The summed E-state index contributed by atoms with van der Waals surface area (Å²) in [5, 5.41) is 3.04. The molecule has 0 unspecified atom stereocenters. The molecule has 7 nitrogen and oxygen atoms in total. The lowest BCUT2D eigenvalue weighted by atomic mass is 9.83. The molecule has 1 spiro atoms. The quantitative estimate of drug-likeness (QED) is 0.520. The largest absolute Gasteiger partial charge is 0.348 e. The first-order valence-corrected chi connectivity index (χ1v) is 14.2. The molecule has 39 heavy (non-hydrogen) atoms. The van der Waals surface area contributed by atoms with Crippen LogP contribution in [-0.2, 0) is 14.4 Å².